The maximum absolute atomic E-state index is 12.7. The summed E-state index contributed by atoms with van der Waals surface area (Å²) in [5.41, 5.74) is 1.32. The molecule has 1 aliphatic rings. The molecule has 0 saturated carbocycles. The van der Waals surface area contributed by atoms with Crippen molar-refractivity contribution in [1.29, 1.82) is 0 Å². The Balaban J connectivity index is 1.93. The number of carbonyl (C=O) groups is 2. The van der Waals surface area contributed by atoms with Crippen LogP contribution in [0.15, 0.2) is 48.8 Å². The second-order valence-electron chi connectivity index (χ2n) is 5.72. The van der Waals surface area contributed by atoms with E-state index in [0.717, 1.165) is 24.3 Å². The van der Waals surface area contributed by atoms with Crippen molar-refractivity contribution in [1.82, 2.24) is 15.4 Å². The Bertz CT molecular complexity index is 976. The largest absolute Gasteiger partial charge is 0.416 e. The molecular weight excluding hydrogens is 387 g/mol. The standard InChI is InChI=1S/C16H12F3N3O4S/c17-16(18,19)12-3-1-11(2-4-12)15-22(13(23)9-27(15,25)26)21-14(24)10-5-7-20-8-6-10/h1-8,15H,9H2,(H,21,24)/t15-/m0/s1. The van der Waals surface area contributed by atoms with E-state index in [2.05, 4.69) is 10.4 Å². The first kappa shape index (κ1) is 18.8. The number of nitrogens with one attached hydrogen (secondary N) is 1. The zero-order valence-corrected chi connectivity index (χ0v) is 14.3. The van der Waals surface area contributed by atoms with Crippen molar-refractivity contribution >= 4 is 21.7 Å². The van der Waals surface area contributed by atoms with Crippen LogP contribution in [-0.2, 0) is 20.8 Å². The Hall–Kier alpha value is -2.95. The number of carbonyl (C=O) groups excluding carboxylic acids is 2. The highest BCUT2D eigenvalue weighted by Gasteiger charge is 2.46. The molecule has 0 spiro atoms. The predicted molar refractivity (Wildman–Crippen MR) is 86.5 cm³/mol. The monoisotopic (exact) mass is 399 g/mol. The molecule has 1 fully saturated rings. The van der Waals surface area contributed by atoms with Crippen molar-refractivity contribution in [3.63, 3.8) is 0 Å². The van der Waals surface area contributed by atoms with Crippen molar-refractivity contribution in [3.05, 3.63) is 65.5 Å². The average Bonchev–Trinajstić information content (AvgIpc) is 2.83. The normalized spacial score (nSPS) is 19.1. The van der Waals surface area contributed by atoms with E-state index in [1.807, 2.05) is 0 Å². The van der Waals surface area contributed by atoms with E-state index < -0.39 is 44.5 Å². The second-order valence-corrected chi connectivity index (χ2v) is 7.78. The van der Waals surface area contributed by atoms with E-state index in [0.29, 0.717) is 5.01 Å². The second kappa shape index (κ2) is 6.65. The van der Waals surface area contributed by atoms with Crippen molar-refractivity contribution in [2.24, 2.45) is 0 Å². The topological polar surface area (TPSA) is 96.4 Å². The molecule has 3 rings (SSSR count). The highest BCUT2D eigenvalue weighted by atomic mass is 32.2. The third kappa shape index (κ3) is 3.77. The zero-order chi connectivity index (χ0) is 19.8. The molecule has 27 heavy (non-hydrogen) atoms. The number of hydrogen-bond donors (Lipinski definition) is 1. The average molecular weight is 399 g/mol. The minimum atomic E-state index is -4.59. The fourth-order valence-electron chi connectivity index (χ4n) is 2.60. The van der Waals surface area contributed by atoms with Crippen LogP contribution in [0.3, 0.4) is 0 Å². The summed E-state index contributed by atoms with van der Waals surface area (Å²) in [5.74, 6) is -2.50. The van der Waals surface area contributed by atoms with Crippen LogP contribution in [0.2, 0.25) is 0 Å². The smallest absolute Gasteiger partial charge is 0.272 e. The van der Waals surface area contributed by atoms with Crippen LogP contribution in [-0.4, -0.2) is 36.0 Å². The molecule has 142 valence electrons. The first-order valence-corrected chi connectivity index (χ1v) is 9.23. The van der Waals surface area contributed by atoms with Gasteiger partial charge in [0, 0.05) is 18.0 Å². The number of hydrogen-bond acceptors (Lipinski definition) is 5. The van der Waals surface area contributed by atoms with Gasteiger partial charge in [-0.3, -0.25) is 20.0 Å². The number of benzene rings is 1. The molecule has 1 aromatic heterocycles. The van der Waals surface area contributed by atoms with Crippen LogP contribution in [0.25, 0.3) is 0 Å². The number of nitrogens with zero attached hydrogens (tertiary/aromatic N) is 2. The van der Waals surface area contributed by atoms with Crippen LogP contribution < -0.4 is 5.43 Å². The number of aromatic nitrogens is 1. The molecule has 2 heterocycles. The summed E-state index contributed by atoms with van der Waals surface area (Å²) in [5, 5.41) is -0.987. The molecule has 0 bridgehead atoms. The van der Waals surface area contributed by atoms with Crippen molar-refractivity contribution in [3.8, 4) is 0 Å². The van der Waals surface area contributed by atoms with Crippen LogP contribution in [0.4, 0.5) is 13.2 Å². The van der Waals surface area contributed by atoms with E-state index in [-0.39, 0.29) is 11.1 Å². The maximum Gasteiger partial charge on any atom is 0.416 e. The van der Waals surface area contributed by atoms with Gasteiger partial charge in [-0.15, -0.1) is 0 Å². The third-order valence-electron chi connectivity index (χ3n) is 3.86. The van der Waals surface area contributed by atoms with Crippen molar-refractivity contribution in [2.45, 2.75) is 11.6 Å². The molecule has 1 N–H and O–H groups in total. The summed E-state index contributed by atoms with van der Waals surface area (Å²) in [4.78, 5) is 28.1. The van der Waals surface area contributed by atoms with E-state index in [4.69, 9.17) is 0 Å². The fourth-order valence-corrected chi connectivity index (χ4v) is 4.31. The van der Waals surface area contributed by atoms with Gasteiger partial charge in [0.05, 0.1) is 5.56 Å². The molecule has 11 heteroatoms. The van der Waals surface area contributed by atoms with E-state index in [9.17, 15) is 31.2 Å². The summed E-state index contributed by atoms with van der Waals surface area (Å²) in [6, 6.07) is 6.09. The van der Waals surface area contributed by atoms with Crippen molar-refractivity contribution in [2.75, 3.05) is 5.75 Å². The lowest BCUT2D eigenvalue weighted by Crippen LogP contribution is -2.45. The molecule has 0 unspecified atom stereocenters. The van der Waals surface area contributed by atoms with Gasteiger partial charge < -0.3 is 0 Å². The highest BCUT2D eigenvalue weighted by Crippen LogP contribution is 2.35. The molecule has 1 aromatic carbocycles. The van der Waals surface area contributed by atoms with Gasteiger partial charge in [-0.1, -0.05) is 12.1 Å². The van der Waals surface area contributed by atoms with Crippen LogP contribution >= 0.6 is 0 Å². The first-order chi connectivity index (χ1) is 12.6. The quantitative estimate of drug-likeness (QED) is 0.848. The lowest BCUT2D eigenvalue weighted by atomic mass is 10.1. The summed E-state index contributed by atoms with van der Waals surface area (Å²) in [6.07, 6.45) is -1.91. The van der Waals surface area contributed by atoms with Crippen LogP contribution in [0.1, 0.15) is 26.9 Å². The Labute approximate surface area is 151 Å². The van der Waals surface area contributed by atoms with E-state index in [1.54, 1.807) is 0 Å². The molecule has 1 atom stereocenters. The number of halogens is 3. The number of rotatable bonds is 3. The van der Waals surface area contributed by atoms with Gasteiger partial charge in [0.15, 0.2) is 15.2 Å². The molecule has 1 saturated heterocycles. The number of sulfone groups is 1. The van der Waals surface area contributed by atoms with E-state index in [1.165, 1.54) is 24.5 Å². The predicted octanol–water partition coefficient (Wildman–Crippen LogP) is 1.70. The molecule has 1 aliphatic heterocycles. The Morgan fingerprint density at radius 2 is 1.70 bits per heavy atom. The Kier molecular flexibility index (Phi) is 4.64. The van der Waals surface area contributed by atoms with Gasteiger partial charge in [0.2, 0.25) is 0 Å². The Morgan fingerprint density at radius 3 is 2.26 bits per heavy atom. The zero-order valence-electron chi connectivity index (χ0n) is 13.5. The molecule has 0 radical (unpaired) electrons. The van der Waals surface area contributed by atoms with Gasteiger partial charge in [0.25, 0.3) is 11.8 Å². The summed E-state index contributed by atoms with van der Waals surface area (Å²) >= 11 is 0. The van der Waals surface area contributed by atoms with Crippen LogP contribution in [0.5, 0.6) is 0 Å². The lowest BCUT2D eigenvalue weighted by molar-refractivity contribution is -0.137. The molecule has 0 aliphatic carbocycles. The SMILES string of the molecule is O=C(NN1C(=O)CS(=O)(=O)[C@H]1c1ccc(C(F)(F)F)cc1)c1ccncc1. The van der Waals surface area contributed by atoms with Gasteiger partial charge in [-0.2, -0.15) is 13.2 Å². The lowest BCUT2D eigenvalue weighted by Gasteiger charge is -2.24. The fraction of sp³-hybridized carbons (Fsp3) is 0.188. The van der Waals surface area contributed by atoms with E-state index >= 15 is 0 Å². The minimum Gasteiger partial charge on any atom is -0.272 e. The van der Waals surface area contributed by atoms with Gasteiger partial charge in [-0.25, -0.2) is 13.4 Å². The van der Waals surface area contributed by atoms with Gasteiger partial charge >= 0.3 is 6.18 Å². The number of hydrazine groups is 1. The maximum atomic E-state index is 12.7. The van der Waals surface area contributed by atoms with Crippen LogP contribution in [0, 0.1) is 0 Å². The molecular formula is C16H12F3N3O4S. The first-order valence-electron chi connectivity index (χ1n) is 7.51. The Morgan fingerprint density at radius 1 is 1.11 bits per heavy atom. The molecule has 2 aromatic rings. The minimum absolute atomic E-state index is 0.0659. The summed E-state index contributed by atoms with van der Waals surface area (Å²) in [7, 11) is -4.05. The summed E-state index contributed by atoms with van der Waals surface area (Å²) in [6.45, 7) is 0. The summed E-state index contributed by atoms with van der Waals surface area (Å²) < 4.78 is 62.8. The highest BCUT2D eigenvalue weighted by molar-refractivity contribution is 7.92. The van der Waals surface area contributed by atoms with Gasteiger partial charge in [-0.05, 0) is 29.8 Å². The molecule has 2 amide bonds. The van der Waals surface area contributed by atoms with Crippen molar-refractivity contribution < 1.29 is 31.2 Å². The van der Waals surface area contributed by atoms with Gasteiger partial charge in [0.1, 0.15) is 5.75 Å². The molecule has 7 nitrogen and oxygen atoms in total. The third-order valence-corrected chi connectivity index (χ3v) is 5.67. The number of pyridine rings is 1. The number of alkyl halides is 3. The number of amides is 2.